The van der Waals surface area contributed by atoms with Crippen molar-refractivity contribution in [2.75, 3.05) is 13.1 Å². The second-order valence-electron chi connectivity index (χ2n) is 3.41. The van der Waals surface area contributed by atoms with Crippen molar-refractivity contribution in [1.29, 1.82) is 0 Å². The number of aliphatic hydroxyl groups excluding tert-OH is 1. The Bertz CT molecular complexity index is 207. The van der Waals surface area contributed by atoms with E-state index in [2.05, 4.69) is 10.6 Å². The molecule has 4 nitrogen and oxygen atoms in total. The molecule has 0 aromatic carbocycles. The van der Waals surface area contributed by atoms with Gasteiger partial charge in [-0.05, 0) is 13.8 Å². The highest BCUT2D eigenvalue weighted by molar-refractivity contribution is 5.78. The SMILES string of the molecule is CC(C)NC(=O)CNCC(O)C(F)(F)F. The molecule has 0 saturated carbocycles. The van der Waals surface area contributed by atoms with Gasteiger partial charge in [0.2, 0.25) is 5.91 Å². The molecule has 0 aromatic heterocycles. The predicted molar refractivity (Wildman–Crippen MR) is 48.2 cm³/mol. The van der Waals surface area contributed by atoms with Crippen molar-refractivity contribution in [3.05, 3.63) is 0 Å². The maximum Gasteiger partial charge on any atom is 0.415 e. The molecule has 7 heteroatoms. The molecule has 0 heterocycles. The second kappa shape index (κ2) is 5.92. The molecule has 0 aromatic rings. The number of carbonyl (C=O) groups excluding carboxylic acids is 1. The minimum atomic E-state index is -4.65. The van der Waals surface area contributed by atoms with Crippen LogP contribution in [0.2, 0.25) is 0 Å². The normalized spacial score (nSPS) is 14.1. The van der Waals surface area contributed by atoms with Crippen LogP contribution < -0.4 is 10.6 Å². The van der Waals surface area contributed by atoms with E-state index in [9.17, 15) is 18.0 Å². The molecule has 1 amide bonds. The summed E-state index contributed by atoms with van der Waals surface area (Å²) in [6.45, 7) is 2.55. The fourth-order valence-electron chi connectivity index (χ4n) is 0.811. The van der Waals surface area contributed by atoms with E-state index >= 15 is 0 Å². The minimum Gasteiger partial charge on any atom is -0.382 e. The molecule has 0 radical (unpaired) electrons. The highest BCUT2D eigenvalue weighted by atomic mass is 19.4. The van der Waals surface area contributed by atoms with Gasteiger partial charge in [0.1, 0.15) is 0 Å². The van der Waals surface area contributed by atoms with Crippen LogP contribution in [0.4, 0.5) is 13.2 Å². The standard InChI is InChI=1S/C8H15F3N2O2/c1-5(2)13-7(15)4-12-3-6(14)8(9,10)11/h5-6,12,14H,3-4H2,1-2H3,(H,13,15). The lowest BCUT2D eigenvalue weighted by Crippen LogP contribution is -2.43. The molecule has 0 bridgehead atoms. The first-order valence-corrected chi connectivity index (χ1v) is 4.48. The molecule has 90 valence electrons. The van der Waals surface area contributed by atoms with E-state index in [0.717, 1.165) is 0 Å². The Kier molecular flexibility index (Phi) is 5.59. The lowest BCUT2D eigenvalue weighted by atomic mass is 10.3. The van der Waals surface area contributed by atoms with Crippen LogP contribution in [0.3, 0.4) is 0 Å². The quantitative estimate of drug-likeness (QED) is 0.622. The first kappa shape index (κ1) is 14.2. The van der Waals surface area contributed by atoms with Crippen LogP contribution in [0.25, 0.3) is 0 Å². The number of rotatable bonds is 5. The Morgan fingerprint density at radius 3 is 2.33 bits per heavy atom. The zero-order chi connectivity index (χ0) is 12.1. The first-order valence-electron chi connectivity index (χ1n) is 4.48. The van der Waals surface area contributed by atoms with Crippen molar-refractivity contribution >= 4 is 5.91 Å². The van der Waals surface area contributed by atoms with Crippen molar-refractivity contribution in [2.45, 2.75) is 32.2 Å². The van der Waals surface area contributed by atoms with Crippen molar-refractivity contribution in [3.63, 3.8) is 0 Å². The predicted octanol–water partition coefficient (Wildman–Crippen LogP) is 0.0238. The Morgan fingerprint density at radius 2 is 1.93 bits per heavy atom. The Hall–Kier alpha value is -0.820. The maximum absolute atomic E-state index is 11.8. The minimum absolute atomic E-state index is 0.0631. The molecule has 1 atom stereocenters. The summed E-state index contributed by atoms with van der Waals surface area (Å²) in [5.74, 6) is -0.403. The molecular formula is C8H15F3N2O2. The fourth-order valence-corrected chi connectivity index (χ4v) is 0.811. The molecule has 0 saturated heterocycles. The molecule has 0 aliphatic heterocycles. The second-order valence-corrected chi connectivity index (χ2v) is 3.41. The number of hydrogen-bond donors (Lipinski definition) is 3. The Morgan fingerprint density at radius 1 is 1.40 bits per heavy atom. The topological polar surface area (TPSA) is 61.4 Å². The number of alkyl halides is 3. The van der Waals surface area contributed by atoms with Crippen LogP contribution in [0.5, 0.6) is 0 Å². The van der Waals surface area contributed by atoms with Crippen molar-refractivity contribution in [1.82, 2.24) is 10.6 Å². The number of hydrogen-bond acceptors (Lipinski definition) is 3. The highest BCUT2D eigenvalue weighted by Gasteiger charge is 2.37. The van der Waals surface area contributed by atoms with E-state index in [-0.39, 0.29) is 12.6 Å². The van der Waals surface area contributed by atoms with Gasteiger partial charge < -0.3 is 15.7 Å². The third-order valence-corrected chi connectivity index (χ3v) is 1.45. The van der Waals surface area contributed by atoms with Gasteiger partial charge in [0.15, 0.2) is 6.10 Å². The molecule has 0 rings (SSSR count). The summed E-state index contributed by atoms with van der Waals surface area (Å²) in [5.41, 5.74) is 0. The number of halogens is 3. The average Bonchev–Trinajstić information content (AvgIpc) is 2.00. The van der Waals surface area contributed by atoms with E-state index in [1.54, 1.807) is 13.8 Å². The van der Waals surface area contributed by atoms with Gasteiger partial charge in [-0.3, -0.25) is 4.79 Å². The van der Waals surface area contributed by atoms with E-state index < -0.39 is 24.7 Å². The first-order chi connectivity index (χ1) is 6.73. The summed E-state index contributed by atoms with van der Waals surface area (Å²) in [7, 11) is 0. The largest absolute Gasteiger partial charge is 0.415 e. The number of aliphatic hydroxyl groups is 1. The van der Waals surface area contributed by atoms with Crippen LogP contribution in [0.1, 0.15) is 13.8 Å². The molecule has 1 unspecified atom stereocenters. The van der Waals surface area contributed by atoms with Gasteiger partial charge in [-0.1, -0.05) is 0 Å². The number of amides is 1. The smallest absolute Gasteiger partial charge is 0.382 e. The third-order valence-electron chi connectivity index (χ3n) is 1.45. The van der Waals surface area contributed by atoms with Crippen molar-refractivity contribution in [2.24, 2.45) is 0 Å². The monoisotopic (exact) mass is 228 g/mol. The zero-order valence-corrected chi connectivity index (χ0v) is 8.56. The highest BCUT2D eigenvalue weighted by Crippen LogP contribution is 2.18. The van der Waals surface area contributed by atoms with E-state index in [1.165, 1.54) is 0 Å². The summed E-state index contributed by atoms with van der Waals surface area (Å²) < 4.78 is 35.4. The molecular weight excluding hydrogens is 213 g/mol. The van der Waals surface area contributed by atoms with Crippen LogP contribution >= 0.6 is 0 Å². The van der Waals surface area contributed by atoms with E-state index in [0.29, 0.717) is 0 Å². The van der Waals surface area contributed by atoms with Crippen LogP contribution in [-0.4, -0.2) is 42.4 Å². The summed E-state index contributed by atoms with van der Waals surface area (Å²) in [5, 5.41) is 13.3. The van der Waals surface area contributed by atoms with Crippen LogP contribution in [-0.2, 0) is 4.79 Å². The summed E-state index contributed by atoms with van der Waals surface area (Å²) in [6.07, 6.45) is -7.09. The molecule has 0 aliphatic rings. The maximum atomic E-state index is 11.8. The van der Waals surface area contributed by atoms with Crippen LogP contribution in [0.15, 0.2) is 0 Å². The third kappa shape index (κ3) is 7.15. The van der Waals surface area contributed by atoms with Gasteiger partial charge in [0.25, 0.3) is 0 Å². The van der Waals surface area contributed by atoms with Crippen LogP contribution in [0, 0.1) is 0 Å². The van der Waals surface area contributed by atoms with Gasteiger partial charge in [0.05, 0.1) is 6.54 Å². The summed E-state index contributed by atoms with van der Waals surface area (Å²) in [6, 6.07) is -0.0631. The Balaban J connectivity index is 3.67. The Labute approximate surface area is 85.8 Å². The van der Waals surface area contributed by atoms with Gasteiger partial charge in [-0.2, -0.15) is 13.2 Å². The fraction of sp³-hybridized carbons (Fsp3) is 0.875. The van der Waals surface area contributed by atoms with Gasteiger partial charge in [-0.15, -0.1) is 0 Å². The molecule has 0 fully saturated rings. The summed E-state index contributed by atoms with van der Waals surface area (Å²) >= 11 is 0. The van der Waals surface area contributed by atoms with Crippen molar-refractivity contribution < 1.29 is 23.1 Å². The summed E-state index contributed by atoms with van der Waals surface area (Å²) in [4.78, 5) is 10.9. The lowest BCUT2D eigenvalue weighted by molar-refractivity contribution is -0.201. The lowest BCUT2D eigenvalue weighted by Gasteiger charge is -2.15. The van der Waals surface area contributed by atoms with E-state index in [1.807, 2.05) is 0 Å². The molecule has 15 heavy (non-hydrogen) atoms. The van der Waals surface area contributed by atoms with Gasteiger partial charge >= 0.3 is 6.18 Å². The van der Waals surface area contributed by atoms with Gasteiger partial charge in [-0.25, -0.2) is 0 Å². The average molecular weight is 228 g/mol. The van der Waals surface area contributed by atoms with Gasteiger partial charge in [0, 0.05) is 12.6 Å². The molecule has 0 spiro atoms. The molecule has 0 aliphatic carbocycles. The molecule has 3 N–H and O–H groups in total. The number of carbonyl (C=O) groups is 1. The number of nitrogens with one attached hydrogen (secondary N) is 2. The zero-order valence-electron chi connectivity index (χ0n) is 8.56. The van der Waals surface area contributed by atoms with E-state index in [4.69, 9.17) is 5.11 Å². The van der Waals surface area contributed by atoms with Crippen molar-refractivity contribution in [3.8, 4) is 0 Å².